The first-order valence-corrected chi connectivity index (χ1v) is 5.57. The molecule has 0 radical (unpaired) electrons. The van der Waals surface area contributed by atoms with E-state index < -0.39 is 5.97 Å². The third-order valence-electron chi connectivity index (χ3n) is 2.21. The van der Waals surface area contributed by atoms with E-state index in [2.05, 4.69) is 16.0 Å². The third kappa shape index (κ3) is 5.17. The first kappa shape index (κ1) is 13.8. The summed E-state index contributed by atoms with van der Waals surface area (Å²) in [5.41, 5.74) is 1.83. The molecule has 1 rings (SSSR count). The number of rotatable bonds is 5. The molecule has 0 bridgehead atoms. The van der Waals surface area contributed by atoms with E-state index in [0.717, 1.165) is 5.56 Å². The number of esters is 1. The van der Waals surface area contributed by atoms with Gasteiger partial charge in [-0.3, -0.25) is 9.59 Å². The normalized spacial score (nSPS) is 9.33. The summed E-state index contributed by atoms with van der Waals surface area (Å²) in [5.74, 6) is 1.50. The highest BCUT2D eigenvalue weighted by atomic mass is 16.5. The van der Waals surface area contributed by atoms with E-state index in [4.69, 9.17) is 6.42 Å². The molecule has 1 amide bonds. The minimum Gasteiger partial charge on any atom is -0.452 e. The van der Waals surface area contributed by atoms with Gasteiger partial charge in [-0.2, -0.15) is 0 Å². The summed E-state index contributed by atoms with van der Waals surface area (Å²) in [5, 5.41) is 2.69. The van der Waals surface area contributed by atoms with E-state index in [0.29, 0.717) is 5.69 Å². The maximum absolute atomic E-state index is 11.5. The molecule has 0 atom stereocenters. The molecule has 4 heteroatoms. The van der Waals surface area contributed by atoms with E-state index in [9.17, 15) is 9.59 Å². The van der Waals surface area contributed by atoms with E-state index in [-0.39, 0.29) is 25.4 Å². The van der Waals surface area contributed by atoms with Gasteiger partial charge < -0.3 is 10.1 Å². The molecule has 0 fully saturated rings. The molecule has 0 unspecified atom stereocenters. The van der Waals surface area contributed by atoms with Crippen LogP contribution >= 0.6 is 0 Å². The molecule has 1 aromatic rings. The van der Waals surface area contributed by atoms with Crippen LogP contribution in [-0.4, -0.2) is 18.5 Å². The highest BCUT2D eigenvalue weighted by molar-refractivity contribution is 5.92. The Morgan fingerprint density at radius 1 is 1.28 bits per heavy atom. The van der Waals surface area contributed by atoms with E-state index in [1.165, 1.54) is 0 Å². The maximum atomic E-state index is 11.5. The first-order chi connectivity index (χ1) is 8.61. The van der Waals surface area contributed by atoms with Crippen LogP contribution in [0.1, 0.15) is 18.4 Å². The topological polar surface area (TPSA) is 55.4 Å². The van der Waals surface area contributed by atoms with Gasteiger partial charge in [0.1, 0.15) is 0 Å². The molecule has 1 aromatic carbocycles. The number of benzene rings is 1. The zero-order valence-corrected chi connectivity index (χ0v) is 10.2. The SMILES string of the molecule is C#CCOC(=O)CCC(=O)Nc1ccc(C)cc1. The van der Waals surface area contributed by atoms with Gasteiger partial charge in [-0.05, 0) is 19.1 Å². The van der Waals surface area contributed by atoms with Gasteiger partial charge in [-0.15, -0.1) is 6.42 Å². The van der Waals surface area contributed by atoms with Crippen LogP contribution in [0.2, 0.25) is 0 Å². The number of aryl methyl sites for hydroxylation is 1. The van der Waals surface area contributed by atoms with Gasteiger partial charge in [-0.1, -0.05) is 23.6 Å². The Balaban J connectivity index is 2.32. The first-order valence-electron chi connectivity index (χ1n) is 5.57. The van der Waals surface area contributed by atoms with Crippen LogP contribution in [0.25, 0.3) is 0 Å². The van der Waals surface area contributed by atoms with Crippen LogP contribution in [-0.2, 0) is 14.3 Å². The number of nitrogens with one attached hydrogen (secondary N) is 1. The Morgan fingerprint density at radius 2 is 1.94 bits per heavy atom. The van der Waals surface area contributed by atoms with Crippen molar-refractivity contribution in [2.24, 2.45) is 0 Å². The fourth-order valence-electron chi connectivity index (χ4n) is 1.27. The third-order valence-corrected chi connectivity index (χ3v) is 2.21. The van der Waals surface area contributed by atoms with Crippen LogP contribution in [0.3, 0.4) is 0 Å². The van der Waals surface area contributed by atoms with Crippen LogP contribution in [0.4, 0.5) is 5.69 Å². The standard InChI is InChI=1S/C14H15NO3/c1-3-10-18-14(17)9-8-13(16)15-12-6-4-11(2)5-7-12/h1,4-7H,8-10H2,2H3,(H,15,16). The highest BCUT2D eigenvalue weighted by Crippen LogP contribution is 2.09. The second-order valence-electron chi connectivity index (χ2n) is 3.78. The Bertz CT molecular complexity index is 457. The summed E-state index contributed by atoms with van der Waals surface area (Å²) in [6.45, 7) is 1.91. The van der Waals surface area contributed by atoms with Gasteiger partial charge in [0.05, 0.1) is 6.42 Å². The van der Waals surface area contributed by atoms with Crippen molar-refractivity contribution >= 4 is 17.6 Å². The Morgan fingerprint density at radius 3 is 2.56 bits per heavy atom. The lowest BCUT2D eigenvalue weighted by molar-refractivity contribution is -0.143. The summed E-state index contributed by atoms with van der Waals surface area (Å²) in [6.07, 6.45) is 5.05. The molecule has 1 N–H and O–H groups in total. The van der Waals surface area contributed by atoms with E-state index in [1.54, 1.807) is 0 Å². The molecule has 18 heavy (non-hydrogen) atoms. The average molecular weight is 245 g/mol. The number of hydrogen-bond acceptors (Lipinski definition) is 3. The van der Waals surface area contributed by atoms with Gasteiger partial charge >= 0.3 is 5.97 Å². The van der Waals surface area contributed by atoms with Crippen molar-refractivity contribution in [2.75, 3.05) is 11.9 Å². The zero-order chi connectivity index (χ0) is 13.4. The summed E-state index contributed by atoms with van der Waals surface area (Å²) in [4.78, 5) is 22.6. The molecule has 94 valence electrons. The van der Waals surface area contributed by atoms with Gasteiger partial charge in [0, 0.05) is 12.1 Å². The van der Waals surface area contributed by atoms with Gasteiger partial charge in [0.25, 0.3) is 0 Å². The lowest BCUT2D eigenvalue weighted by atomic mass is 10.2. The number of ether oxygens (including phenoxy) is 1. The number of amides is 1. The Hall–Kier alpha value is -2.28. The summed E-state index contributed by atoms with van der Waals surface area (Å²) >= 11 is 0. The fourth-order valence-corrected chi connectivity index (χ4v) is 1.27. The minimum atomic E-state index is -0.466. The monoisotopic (exact) mass is 245 g/mol. The van der Waals surface area contributed by atoms with Crippen molar-refractivity contribution in [3.8, 4) is 12.3 Å². The second kappa shape index (κ2) is 7.13. The lowest BCUT2D eigenvalue weighted by Crippen LogP contribution is -2.14. The molecule has 0 heterocycles. The van der Waals surface area contributed by atoms with Crippen LogP contribution in [0.15, 0.2) is 24.3 Å². The van der Waals surface area contributed by atoms with Gasteiger partial charge in [0.2, 0.25) is 5.91 Å². The number of carbonyl (C=O) groups is 2. The Kier molecular flexibility index (Phi) is 5.46. The van der Waals surface area contributed by atoms with E-state index >= 15 is 0 Å². The molecule has 0 aromatic heterocycles. The quantitative estimate of drug-likeness (QED) is 0.636. The van der Waals surface area contributed by atoms with Gasteiger partial charge in [0.15, 0.2) is 6.61 Å². The molecule has 0 aliphatic carbocycles. The fraction of sp³-hybridized carbons (Fsp3) is 0.286. The van der Waals surface area contributed by atoms with Crippen molar-refractivity contribution in [1.82, 2.24) is 0 Å². The molecule has 0 saturated heterocycles. The Labute approximate surface area is 106 Å². The number of anilines is 1. The molecular formula is C14H15NO3. The minimum absolute atomic E-state index is 0.0272. The largest absolute Gasteiger partial charge is 0.452 e. The number of carbonyl (C=O) groups excluding carboxylic acids is 2. The number of terminal acetylenes is 1. The molecular weight excluding hydrogens is 230 g/mol. The van der Waals surface area contributed by atoms with Crippen molar-refractivity contribution in [2.45, 2.75) is 19.8 Å². The zero-order valence-electron chi connectivity index (χ0n) is 10.2. The van der Waals surface area contributed by atoms with Crippen molar-refractivity contribution < 1.29 is 14.3 Å². The van der Waals surface area contributed by atoms with Gasteiger partial charge in [-0.25, -0.2) is 0 Å². The smallest absolute Gasteiger partial charge is 0.307 e. The van der Waals surface area contributed by atoms with Crippen LogP contribution in [0, 0.1) is 19.3 Å². The molecule has 0 aliphatic heterocycles. The molecule has 0 spiro atoms. The predicted molar refractivity (Wildman–Crippen MR) is 68.8 cm³/mol. The summed E-state index contributed by atoms with van der Waals surface area (Å²) < 4.78 is 4.65. The van der Waals surface area contributed by atoms with E-state index in [1.807, 2.05) is 31.2 Å². The maximum Gasteiger partial charge on any atom is 0.307 e. The number of hydrogen-bond donors (Lipinski definition) is 1. The highest BCUT2D eigenvalue weighted by Gasteiger charge is 2.07. The summed E-state index contributed by atoms with van der Waals surface area (Å²) in [6, 6.07) is 7.42. The molecule has 0 aliphatic rings. The second-order valence-corrected chi connectivity index (χ2v) is 3.78. The van der Waals surface area contributed by atoms with Crippen LogP contribution in [0.5, 0.6) is 0 Å². The van der Waals surface area contributed by atoms with Crippen molar-refractivity contribution in [3.05, 3.63) is 29.8 Å². The van der Waals surface area contributed by atoms with Crippen molar-refractivity contribution in [1.29, 1.82) is 0 Å². The van der Waals surface area contributed by atoms with Crippen molar-refractivity contribution in [3.63, 3.8) is 0 Å². The molecule has 4 nitrogen and oxygen atoms in total. The predicted octanol–water partition coefficient (Wildman–Crippen LogP) is 1.89. The molecule has 0 saturated carbocycles. The average Bonchev–Trinajstić information content (AvgIpc) is 2.36. The van der Waals surface area contributed by atoms with Crippen LogP contribution < -0.4 is 5.32 Å². The lowest BCUT2D eigenvalue weighted by Gasteiger charge is -2.05. The summed E-state index contributed by atoms with van der Waals surface area (Å²) in [7, 11) is 0.